The van der Waals surface area contributed by atoms with Crippen LogP contribution in [0.15, 0.2) is 29.2 Å². The number of pyridine rings is 1. The molecule has 3 rings (SSSR count). The number of aromatic amines is 1. The summed E-state index contributed by atoms with van der Waals surface area (Å²) in [4.78, 5) is 25.7. The summed E-state index contributed by atoms with van der Waals surface area (Å²) in [5.74, 6) is -2.12. The Morgan fingerprint density at radius 1 is 1.21 bits per heavy atom. The van der Waals surface area contributed by atoms with Crippen LogP contribution in [0.4, 0.5) is 0 Å². The van der Waals surface area contributed by atoms with Crippen molar-refractivity contribution in [3.8, 4) is 22.8 Å². The Labute approximate surface area is 136 Å². The first-order chi connectivity index (χ1) is 11.4. The van der Waals surface area contributed by atoms with Gasteiger partial charge in [-0.25, -0.2) is 4.79 Å². The van der Waals surface area contributed by atoms with Crippen LogP contribution in [-0.4, -0.2) is 30.8 Å². The molecule has 0 aliphatic rings. The van der Waals surface area contributed by atoms with Crippen molar-refractivity contribution in [3.05, 3.63) is 45.9 Å². The van der Waals surface area contributed by atoms with Gasteiger partial charge in [-0.15, -0.1) is 0 Å². The number of phenols is 1. The molecule has 0 spiro atoms. The van der Waals surface area contributed by atoms with E-state index in [0.717, 1.165) is 5.52 Å². The first-order valence-electron chi connectivity index (χ1n) is 7.35. The van der Waals surface area contributed by atoms with Crippen molar-refractivity contribution in [3.63, 3.8) is 0 Å². The fraction of sp³-hybridized carbons (Fsp3) is 0.176. The van der Waals surface area contributed by atoms with Crippen molar-refractivity contribution >= 4 is 16.9 Å². The summed E-state index contributed by atoms with van der Waals surface area (Å²) in [6.45, 7) is 1.72. The Hall–Kier alpha value is -3.22. The first-order valence-corrected chi connectivity index (χ1v) is 7.35. The molecule has 0 unspecified atom stereocenters. The predicted octanol–water partition coefficient (Wildman–Crippen LogP) is 2.21. The van der Waals surface area contributed by atoms with Gasteiger partial charge in [-0.1, -0.05) is 6.92 Å². The van der Waals surface area contributed by atoms with Crippen LogP contribution in [0.2, 0.25) is 0 Å². The Morgan fingerprint density at radius 3 is 2.54 bits per heavy atom. The van der Waals surface area contributed by atoms with Gasteiger partial charge in [0.05, 0.1) is 11.2 Å². The number of carboxylic acid groups (broad SMARTS) is 1. The summed E-state index contributed by atoms with van der Waals surface area (Å²) in [6, 6.07) is 5.15. The van der Waals surface area contributed by atoms with Crippen molar-refractivity contribution in [2.75, 3.05) is 0 Å². The molecule has 0 saturated heterocycles. The van der Waals surface area contributed by atoms with Gasteiger partial charge >= 0.3 is 5.97 Å². The van der Waals surface area contributed by atoms with Gasteiger partial charge in [0.15, 0.2) is 5.56 Å². The van der Waals surface area contributed by atoms with Crippen molar-refractivity contribution in [1.29, 1.82) is 0 Å². The summed E-state index contributed by atoms with van der Waals surface area (Å²) < 4.78 is 1.84. The van der Waals surface area contributed by atoms with Gasteiger partial charge in [-0.05, 0) is 24.6 Å². The minimum atomic E-state index is -1.50. The molecule has 0 atom stereocenters. The van der Waals surface area contributed by atoms with Crippen LogP contribution in [0.5, 0.6) is 11.5 Å². The Balaban J connectivity index is 2.36. The lowest BCUT2D eigenvalue weighted by atomic mass is 9.98. The maximum absolute atomic E-state index is 12.0. The van der Waals surface area contributed by atoms with E-state index in [1.807, 2.05) is 11.6 Å². The minimum Gasteiger partial charge on any atom is -0.507 e. The molecule has 0 aliphatic carbocycles. The third-order valence-corrected chi connectivity index (χ3v) is 4.17. The summed E-state index contributed by atoms with van der Waals surface area (Å²) in [5.41, 5.74) is -0.000570. The Bertz CT molecular complexity index is 1030. The lowest BCUT2D eigenvalue weighted by molar-refractivity contribution is 0.0691. The van der Waals surface area contributed by atoms with Gasteiger partial charge in [0.25, 0.3) is 5.56 Å². The molecule has 2 aromatic heterocycles. The van der Waals surface area contributed by atoms with Crippen LogP contribution in [0.1, 0.15) is 22.8 Å². The number of rotatable bonds is 3. The van der Waals surface area contributed by atoms with E-state index < -0.39 is 22.8 Å². The molecule has 0 aliphatic heterocycles. The molecule has 0 fully saturated rings. The van der Waals surface area contributed by atoms with Crippen molar-refractivity contribution in [2.24, 2.45) is 7.05 Å². The van der Waals surface area contributed by atoms with E-state index in [1.165, 1.54) is 0 Å². The standard InChI is InChI=1S/C17H16N2O5/c1-3-8-13(18-16(22)12(15(8)21)17(23)24)10-4-5-11-9(14(10)20)6-7-19(11)2/h4-7,20H,3H2,1-2H3,(H,23,24)(H2,18,21,22). The number of carboxylic acids is 1. The molecule has 4 N–H and O–H groups in total. The topological polar surface area (TPSA) is 116 Å². The molecule has 0 radical (unpaired) electrons. The van der Waals surface area contributed by atoms with Crippen LogP contribution in [0.3, 0.4) is 0 Å². The van der Waals surface area contributed by atoms with Gasteiger partial charge in [0.1, 0.15) is 11.5 Å². The number of nitrogens with zero attached hydrogens (tertiary/aromatic N) is 1. The third kappa shape index (κ3) is 2.13. The highest BCUT2D eigenvalue weighted by molar-refractivity contribution is 5.95. The first kappa shape index (κ1) is 15.7. The van der Waals surface area contributed by atoms with E-state index in [-0.39, 0.29) is 23.4 Å². The van der Waals surface area contributed by atoms with Crippen LogP contribution in [0, 0.1) is 0 Å². The summed E-state index contributed by atoms with van der Waals surface area (Å²) >= 11 is 0. The molecule has 0 amide bonds. The second-order valence-electron chi connectivity index (χ2n) is 5.51. The molecular formula is C17H16N2O5. The lowest BCUT2D eigenvalue weighted by Gasteiger charge is -2.13. The number of aryl methyl sites for hydroxylation is 1. The van der Waals surface area contributed by atoms with Crippen LogP contribution in [-0.2, 0) is 13.5 Å². The van der Waals surface area contributed by atoms with Gasteiger partial charge in [-0.3, -0.25) is 4.79 Å². The fourth-order valence-electron chi connectivity index (χ4n) is 2.94. The largest absolute Gasteiger partial charge is 0.507 e. The highest BCUT2D eigenvalue weighted by Crippen LogP contribution is 2.38. The number of hydrogen-bond acceptors (Lipinski definition) is 4. The lowest BCUT2D eigenvalue weighted by Crippen LogP contribution is -2.20. The number of benzene rings is 1. The maximum Gasteiger partial charge on any atom is 0.345 e. The highest BCUT2D eigenvalue weighted by Gasteiger charge is 2.23. The smallest absolute Gasteiger partial charge is 0.345 e. The second-order valence-corrected chi connectivity index (χ2v) is 5.51. The number of aromatic carboxylic acids is 1. The van der Waals surface area contributed by atoms with Gasteiger partial charge in [0.2, 0.25) is 0 Å². The number of aromatic nitrogens is 2. The maximum atomic E-state index is 12.0. The number of aromatic hydroxyl groups is 2. The molecule has 7 heteroatoms. The number of phenolic OH excluding ortho intramolecular Hbond substituents is 1. The summed E-state index contributed by atoms with van der Waals surface area (Å²) in [6.07, 6.45) is 2.08. The quantitative estimate of drug-likeness (QED) is 0.588. The molecular weight excluding hydrogens is 312 g/mol. The summed E-state index contributed by atoms with van der Waals surface area (Å²) in [5, 5.41) is 30.5. The number of carbonyl (C=O) groups is 1. The van der Waals surface area contributed by atoms with Crippen LogP contribution in [0.25, 0.3) is 22.2 Å². The monoisotopic (exact) mass is 328 g/mol. The summed E-state index contributed by atoms with van der Waals surface area (Å²) in [7, 11) is 1.84. The van der Waals surface area contributed by atoms with Gasteiger partial charge < -0.3 is 24.9 Å². The zero-order valence-electron chi connectivity index (χ0n) is 13.1. The fourth-order valence-corrected chi connectivity index (χ4v) is 2.94. The Morgan fingerprint density at radius 2 is 1.92 bits per heavy atom. The van der Waals surface area contributed by atoms with Gasteiger partial charge in [-0.2, -0.15) is 0 Å². The SMILES string of the molecule is CCc1c(-c2ccc3c(ccn3C)c2O)[nH]c(=O)c(C(=O)O)c1O. The van der Waals surface area contributed by atoms with Crippen LogP contribution < -0.4 is 5.56 Å². The zero-order chi connectivity index (χ0) is 17.6. The number of nitrogens with one attached hydrogen (secondary N) is 1. The molecule has 24 heavy (non-hydrogen) atoms. The number of hydrogen-bond donors (Lipinski definition) is 4. The van der Waals surface area contributed by atoms with E-state index in [2.05, 4.69) is 4.98 Å². The molecule has 124 valence electrons. The van der Waals surface area contributed by atoms with E-state index in [0.29, 0.717) is 10.9 Å². The van der Waals surface area contributed by atoms with Crippen molar-refractivity contribution in [2.45, 2.75) is 13.3 Å². The second kappa shape index (κ2) is 5.45. The average molecular weight is 328 g/mol. The zero-order valence-corrected chi connectivity index (χ0v) is 13.1. The highest BCUT2D eigenvalue weighted by atomic mass is 16.4. The normalized spacial score (nSPS) is 11.1. The molecule has 7 nitrogen and oxygen atoms in total. The minimum absolute atomic E-state index is 0.0408. The molecule has 3 aromatic rings. The van der Waals surface area contributed by atoms with E-state index in [4.69, 9.17) is 5.11 Å². The number of H-pyrrole nitrogens is 1. The molecule has 2 heterocycles. The van der Waals surface area contributed by atoms with E-state index >= 15 is 0 Å². The Kier molecular flexibility index (Phi) is 3.56. The number of fused-ring (bicyclic) bond motifs is 1. The van der Waals surface area contributed by atoms with E-state index in [1.54, 1.807) is 31.3 Å². The average Bonchev–Trinajstić information content (AvgIpc) is 2.89. The van der Waals surface area contributed by atoms with Crippen LogP contribution >= 0.6 is 0 Å². The molecule has 1 aromatic carbocycles. The third-order valence-electron chi connectivity index (χ3n) is 4.17. The predicted molar refractivity (Wildman–Crippen MR) is 88.6 cm³/mol. The molecule has 0 bridgehead atoms. The van der Waals surface area contributed by atoms with Gasteiger partial charge in [0, 0.05) is 29.8 Å². The van der Waals surface area contributed by atoms with E-state index in [9.17, 15) is 19.8 Å². The van der Waals surface area contributed by atoms with Crippen molar-refractivity contribution < 1.29 is 20.1 Å². The molecule has 0 saturated carbocycles. The van der Waals surface area contributed by atoms with Crippen molar-refractivity contribution in [1.82, 2.24) is 9.55 Å².